The van der Waals surface area contributed by atoms with Crippen LogP contribution in [0.1, 0.15) is 22.8 Å². The van der Waals surface area contributed by atoms with Crippen LogP contribution in [0, 0.1) is 0 Å². The molecule has 0 saturated carbocycles. The number of fused-ring (bicyclic) bond motifs is 1. The SMILES string of the molecule is C[C@H](Oc1ccc2ccccc2c1)C(=O)N/N=C\c1ccc(OC(=O)c2ccc(Br)cc2)cc1. The van der Waals surface area contributed by atoms with E-state index in [1.807, 2.05) is 42.5 Å². The zero-order valence-corrected chi connectivity index (χ0v) is 19.9. The number of esters is 1. The predicted molar refractivity (Wildman–Crippen MR) is 135 cm³/mol. The van der Waals surface area contributed by atoms with E-state index in [1.165, 1.54) is 6.21 Å². The molecule has 4 aromatic rings. The number of hydrogen-bond donors (Lipinski definition) is 1. The van der Waals surface area contributed by atoms with E-state index in [4.69, 9.17) is 9.47 Å². The number of hydrazone groups is 1. The van der Waals surface area contributed by atoms with Crippen molar-refractivity contribution in [1.29, 1.82) is 0 Å². The zero-order valence-electron chi connectivity index (χ0n) is 18.3. The average Bonchev–Trinajstić information content (AvgIpc) is 2.85. The van der Waals surface area contributed by atoms with E-state index >= 15 is 0 Å². The van der Waals surface area contributed by atoms with Crippen LogP contribution in [-0.4, -0.2) is 24.2 Å². The first-order valence-electron chi connectivity index (χ1n) is 10.5. The Bertz CT molecular complexity index is 1340. The number of carbonyl (C=O) groups excluding carboxylic acids is 2. The van der Waals surface area contributed by atoms with E-state index in [0.29, 0.717) is 17.1 Å². The van der Waals surface area contributed by atoms with Gasteiger partial charge in [0.1, 0.15) is 11.5 Å². The summed E-state index contributed by atoms with van der Waals surface area (Å²) < 4.78 is 12.0. The normalized spacial score (nSPS) is 11.8. The topological polar surface area (TPSA) is 77.0 Å². The molecule has 1 atom stereocenters. The summed E-state index contributed by atoms with van der Waals surface area (Å²) in [4.78, 5) is 24.5. The Hall–Kier alpha value is -3.97. The van der Waals surface area contributed by atoms with Crippen molar-refractivity contribution in [2.45, 2.75) is 13.0 Å². The van der Waals surface area contributed by atoms with Gasteiger partial charge in [0.05, 0.1) is 11.8 Å². The van der Waals surface area contributed by atoms with Crippen molar-refractivity contribution < 1.29 is 19.1 Å². The molecular weight excluding hydrogens is 496 g/mol. The number of rotatable bonds is 7. The molecule has 0 unspecified atom stereocenters. The van der Waals surface area contributed by atoms with Crippen LogP contribution in [0.5, 0.6) is 11.5 Å². The lowest BCUT2D eigenvalue weighted by molar-refractivity contribution is -0.127. The van der Waals surface area contributed by atoms with Gasteiger partial charge in [0.15, 0.2) is 6.10 Å². The maximum absolute atomic E-state index is 12.3. The van der Waals surface area contributed by atoms with Gasteiger partial charge in [0.25, 0.3) is 5.91 Å². The number of amides is 1. The summed E-state index contributed by atoms with van der Waals surface area (Å²) in [6.07, 6.45) is 0.778. The number of nitrogens with one attached hydrogen (secondary N) is 1. The van der Waals surface area contributed by atoms with Crippen LogP contribution < -0.4 is 14.9 Å². The van der Waals surface area contributed by atoms with E-state index < -0.39 is 12.1 Å². The van der Waals surface area contributed by atoms with Crippen molar-refractivity contribution in [3.05, 3.63) is 107 Å². The zero-order chi connectivity index (χ0) is 23.9. The van der Waals surface area contributed by atoms with Crippen LogP contribution in [0.2, 0.25) is 0 Å². The van der Waals surface area contributed by atoms with E-state index in [2.05, 4.69) is 26.5 Å². The Morgan fingerprint density at radius 1 is 0.882 bits per heavy atom. The molecule has 7 heteroatoms. The molecule has 0 bridgehead atoms. The predicted octanol–water partition coefficient (Wildman–Crippen LogP) is 5.74. The maximum atomic E-state index is 12.3. The largest absolute Gasteiger partial charge is 0.481 e. The van der Waals surface area contributed by atoms with E-state index in [9.17, 15) is 9.59 Å². The molecule has 0 aromatic heterocycles. The number of halogens is 1. The summed E-state index contributed by atoms with van der Waals surface area (Å²) in [6.45, 7) is 1.66. The second-order valence-electron chi connectivity index (χ2n) is 7.47. The second kappa shape index (κ2) is 10.8. The first kappa shape index (κ1) is 23.2. The molecule has 0 aliphatic heterocycles. The molecule has 4 rings (SSSR count). The highest BCUT2D eigenvalue weighted by atomic mass is 79.9. The molecule has 34 heavy (non-hydrogen) atoms. The molecule has 6 nitrogen and oxygen atoms in total. The smallest absolute Gasteiger partial charge is 0.343 e. The summed E-state index contributed by atoms with van der Waals surface area (Å²) in [6, 6.07) is 27.3. The highest BCUT2D eigenvalue weighted by Crippen LogP contribution is 2.21. The van der Waals surface area contributed by atoms with Gasteiger partial charge >= 0.3 is 5.97 Å². The van der Waals surface area contributed by atoms with Gasteiger partial charge in [-0.25, -0.2) is 10.2 Å². The number of hydrogen-bond acceptors (Lipinski definition) is 5. The quantitative estimate of drug-likeness (QED) is 0.147. The number of nitrogens with zero attached hydrogens (tertiary/aromatic N) is 1. The van der Waals surface area contributed by atoms with Crippen LogP contribution in [0.25, 0.3) is 10.8 Å². The summed E-state index contributed by atoms with van der Waals surface area (Å²) in [5.74, 6) is 0.205. The molecule has 1 amide bonds. The third-order valence-electron chi connectivity index (χ3n) is 4.96. The van der Waals surface area contributed by atoms with Gasteiger partial charge < -0.3 is 9.47 Å². The maximum Gasteiger partial charge on any atom is 0.343 e. The van der Waals surface area contributed by atoms with Gasteiger partial charge in [-0.05, 0) is 83.9 Å². The third-order valence-corrected chi connectivity index (χ3v) is 5.49. The lowest BCUT2D eigenvalue weighted by Crippen LogP contribution is -2.33. The van der Waals surface area contributed by atoms with Crippen molar-refractivity contribution in [3.8, 4) is 11.5 Å². The molecule has 0 spiro atoms. The fourth-order valence-corrected chi connectivity index (χ4v) is 3.40. The minimum atomic E-state index is -0.723. The fourth-order valence-electron chi connectivity index (χ4n) is 3.13. The average molecular weight is 517 g/mol. The molecule has 0 heterocycles. The van der Waals surface area contributed by atoms with E-state index in [-0.39, 0.29) is 5.91 Å². The summed E-state index contributed by atoms with van der Waals surface area (Å²) in [5, 5.41) is 6.12. The Morgan fingerprint density at radius 3 is 2.29 bits per heavy atom. The molecule has 4 aromatic carbocycles. The second-order valence-corrected chi connectivity index (χ2v) is 8.38. The number of ether oxygens (including phenoxy) is 2. The van der Waals surface area contributed by atoms with Crippen LogP contribution in [0.15, 0.2) is 101 Å². The highest BCUT2D eigenvalue weighted by Gasteiger charge is 2.14. The van der Waals surface area contributed by atoms with Crippen molar-refractivity contribution in [2.24, 2.45) is 5.10 Å². The van der Waals surface area contributed by atoms with Crippen molar-refractivity contribution in [1.82, 2.24) is 5.43 Å². The van der Waals surface area contributed by atoms with Crippen molar-refractivity contribution in [2.75, 3.05) is 0 Å². The summed E-state index contributed by atoms with van der Waals surface area (Å²) >= 11 is 3.33. The lowest BCUT2D eigenvalue weighted by Gasteiger charge is -2.13. The molecule has 1 N–H and O–H groups in total. The molecule has 0 radical (unpaired) electrons. The molecule has 0 fully saturated rings. The van der Waals surface area contributed by atoms with Gasteiger partial charge in [-0.3, -0.25) is 4.79 Å². The molecule has 170 valence electrons. The first-order chi connectivity index (χ1) is 16.5. The van der Waals surface area contributed by atoms with Crippen LogP contribution in [0.3, 0.4) is 0 Å². The number of benzene rings is 4. The summed E-state index contributed by atoms with van der Waals surface area (Å²) in [7, 11) is 0. The van der Waals surface area contributed by atoms with Crippen LogP contribution in [0.4, 0.5) is 0 Å². The summed E-state index contributed by atoms with van der Waals surface area (Å²) in [5.41, 5.74) is 3.66. The molecule has 0 saturated heterocycles. The van der Waals surface area contributed by atoms with E-state index in [0.717, 1.165) is 20.8 Å². The minimum Gasteiger partial charge on any atom is -0.481 e. The van der Waals surface area contributed by atoms with Gasteiger partial charge in [0, 0.05) is 4.47 Å². The Morgan fingerprint density at radius 2 is 1.56 bits per heavy atom. The van der Waals surface area contributed by atoms with Gasteiger partial charge in [-0.2, -0.15) is 5.10 Å². The Kier molecular flexibility index (Phi) is 7.34. The first-order valence-corrected chi connectivity index (χ1v) is 11.3. The minimum absolute atomic E-state index is 0.371. The highest BCUT2D eigenvalue weighted by molar-refractivity contribution is 9.10. The Balaban J connectivity index is 1.28. The molecule has 0 aliphatic rings. The third kappa shape index (κ3) is 6.08. The van der Waals surface area contributed by atoms with Gasteiger partial charge in [-0.1, -0.05) is 46.3 Å². The van der Waals surface area contributed by atoms with Crippen LogP contribution in [-0.2, 0) is 4.79 Å². The van der Waals surface area contributed by atoms with Crippen molar-refractivity contribution in [3.63, 3.8) is 0 Å². The van der Waals surface area contributed by atoms with Gasteiger partial charge in [0.2, 0.25) is 0 Å². The van der Waals surface area contributed by atoms with E-state index in [1.54, 1.807) is 55.5 Å². The van der Waals surface area contributed by atoms with Gasteiger partial charge in [-0.15, -0.1) is 0 Å². The number of carbonyl (C=O) groups is 2. The van der Waals surface area contributed by atoms with Crippen molar-refractivity contribution >= 4 is 44.8 Å². The fraction of sp³-hybridized carbons (Fsp3) is 0.0741. The molecular formula is C27H21BrN2O4. The Labute approximate surface area is 205 Å². The molecule has 0 aliphatic carbocycles. The van der Waals surface area contributed by atoms with Crippen LogP contribution >= 0.6 is 15.9 Å². The lowest BCUT2D eigenvalue weighted by atomic mass is 10.1. The standard InChI is InChI=1S/C27H21BrN2O4/c1-18(33-25-15-10-20-4-2-3-5-22(20)16-25)26(31)30-29-17-19-6-13-24(14-7-19)34-27(32)21-8-11-23(28)12-9-21/h2-18H,1H3,(H,30,31)/b29-17-/t18-/m0/s1. The monoisotopic (exact) mass is 516 g/mol.